The predicted molar refractivity (Wildman–Crippen MR) is 167 cm³/mol. The van der Waals surface area contributed by atoms with Crippen molar-refractivity contribution in [3.63, 3.8) is 0 Å². The Kier molecular flexibility index (Phi) is 6.63. The van der Waals surface area contributed by atoms with E-state index in [2.05, 4.69) is 108 Å². The van der Waals surface area contributed by atoms with Crippen molar-refractivity contribution < 1.29 is 4.74 Å². The minimum absolute atomic E-state index is 0.374. The Balaban J connectivity index is 1.56. The number of fused-ring (bicyclic) bond motifs is 7. The molecule has 0 radical (unpaired) electrons. The highest BCUT2D eigenvalue weighted by Crippen LogP contribution is 2.58. The van der Waals surface area contributed by atoms with Gasteiger partial charge in [0.1, 0.15) is 12.4 Å². The second kappa shape index (κ2) is 10.5. The summed E-state index contributed by atoms with van der Waals surface area (Å²) in [4.78, 5) is 6.01. The molecule has 0 unspecified atom stereocenters. The van der Waals surface area contributed by atoms with Crippen molar-refractivity contribution in [2.75, 3.05) is 11.5 Å². The Bertz CT molecular complexity index is 1660. The molecule has 1 heterocycles. The van der Waals surface area contributed by atoms with Gasteiger partial charge >= 0.3 is 0 Å². The molecule has 0 saturated carbocycles. The Morgan fingerprint density at radius 2 is 1.38 bits per heavy atom. The molecule has 3 nitrogen and oxygen atoms in total. The molecule has 0 bridgehead atoms. The van der Waals surface area contributed by atoms with Crippen LogP contribution in [0.3, 0.4) is 0 Å². The molecule has 4 aromatic carbocycles. The number of hydrogen-bond donors (Lipinski definition) is 0. The van der Waals surface area contributed by atoms with Gasteiger partial charge in [-0.25, -0.2) is 0 Å². The lowest BCUT2D eigenvalue weighted by molar-refractivity contribution is 0.340. The zero-order chi connectivity index (χ0) is 27.5. The third kappa shape index (κ3) is 4.13. The summed E-state index contributed by atoms with van der Waals surface area (Å²) in [5, 5.41) is 0. The Hall–Kier alpha value is -5.15. The Morgan fingerprint density at radius 1 is 0.775 bits per heavy atom. The molecule has 0 amide bonds. The van der Waals surface area contributed by atoms with Crippen LogP contribution in [-0.4, -0.2) is 13.3 Å². The molecule has 1 aliphatic heterocycles. The van der Waals surface area contributed by atoms with E-state index in [4.69, 9.17) is 11.3 Å². The normalized spacial score (nSPS) is 16.3. The summed E-state index contributed by atoms with van der Waals surface area (Å²) in [5.41, 5.74) is 8.99. The number of para-hydroxylation sites is 2. The number of benzene rings is 4. The number of allylic oxidation sites excluding steroid dienone is 5. The highest BCUT2D eigenvalue weighted by atomic mass is 16.5. The van der Waals surface area contributed by atoms with E-state index in [1.807, 2.05) is 48.7 Å². The van der Waals surface area contributed by atoms with E-state index in [0.717, 1.165) is 28.3 Å². The molecule has 0 aromatic heterocycles. The van der Waals surface area contributed by atoms with Gasteiger partial charge < -0.3 is 9.64 Å². The number of aliphatic imine (C=N–C) groups is 1. The van der Waals surface area contributed by atoms with E-state index in [9.17, 15) is 0 Å². The lowest BCUT2D eigenvalue weighted by Gasteiger charge is -2.38. The molecule has 194 valence electrons. The molecule has 0 atom stereocenters. The van der Waals surface area contributed by atoms with Gasteiger partial charge in [-0.15, -0.1) is 0 Å². The maximum atomic E-state index is 6.63. The zero-order valence-electron chi connectivity index (χ0n) is 22.3. The maximum Gasteiger partial charge on any atom is 0.129 e. The number of nitrogens with zero attached hydrogens (tertiary/aromatic N) is 2. The van der Waals surface area contributed by atoms with Crippen LogP contribution >= 0.6 is 0 Å². The fraction of sp³-hybridized carbons (Fsp3) is 0.0541. The van der Waals surface area contributed by atoms with Gasteiger partial charge in [-0.3, -0.25) is 4.99 Å². The molecule has 0 fully saturated rings. The van der Waals surface area contributed by atoms with Crippen LogP contribution in [0.25, 0.3) is 11.1 Å². The topological polar surface area (TPSA) is 24.8 Å². The van der Waals surface area contributed by atoms with Gasteiger partial charge in [0.2, 0.25) is 0 Å². The van der Waals surface area contributed by atoms with Crippen molar-refractivity contribution in [3.05, 3.63) is 180 Å². The highest BCUT2D eigenvalue weighted by Gasteiger charge is 2.48. The van der Waals surface area contributed by atoms with E-state index < -0.39 is 5.41 Å². The first-order valence-electron chi connectivity index (χ1n) is 13.3. The van der Waals surface area contributed by atoms with Crippen LogP contribution in [0.4, 0.5) is 5.69 Å². The van der Waals surface area contributed by atoms with Crippen LogP contribution in [0.5, 0.6) is 5.75 Å². The first-order chi connectivity index (χ1) is 19.6. The Morgan fingerprint density at radius 3 is 2.05 bits per heavy atom. The van der Waals surface area contributed by atoms with Crippen LogP contribution in [0.2, 0.25) is 0 Å². The van der Waals surface area contributed by atoms with Crippen molar-refractivity contribution in [1.82, 2.24) is 0 Å². The van der Waals surface area contributed by atoms with Gasteiger partial charge in [-0.05, 0) is 71.0 Å². The highest BCUT2D eigenvalue weighted by molar-refractivity contribution is 5.87. The van der Waals surface area contributed by atoms with Crippen LogP contribution in [0.15, 0.2) is 169 Å². The van der Waals surface area contributed by atoms with Crippen molar-refractivity contribution in [2.45, 2.75) is 5.41 Å². The second-order valence-corrected chi connectivity index (χ2v) is 9.84. The second-order valence-electron chi connectivity index (χ2n) is 9.84. The summed E-state index contributed by atoms with van der Waals surface area (Å²) in [6, 6.07) is 36.0. The maximum absolute atomic E-state index is 6.63. The third-order valence-electron chi connectivity index (χ3n) is 7.62. The van der Waals surface area contributed by atoms with Crippen LogP contribution in [0, 0.1) is 0 Å². The van der Waals surface area contributed by atoms with Gasteiger partial charge in [0.15, 0.2) is 0 Å². The Labute approximate surface area is 236 Å². The molecule has 0 N–H and O–H groups in total. The molecule has 1 spiro atoms. The molecule has 4 aromatic rings. The summed E-state index contributed by atoms with van der Waals surface area (Å²) < 4.78 is 6.63. The van der Waals surface area contributed by atoms with Crippen molar-refractivity contribution in [2.24, 2.45) is 4.99 Å². The van der Waals surface area contributed by atoms with Crippen molar-refractivity contribution >= 4 is 12.4 Å². The van der Waals surface area contributed by atoms with E-state index >= 15 is 0 Å². The fourth-order valence-electron chi connectivity index (χ4n) is 5.88. The fourth-order valence-corrected chi connectivity index (χ4v) is 5.88. The summed E-state index contributed by atoms with van der Waals surface area (Å²) in [5.74, 6) is 0.853. The van der Waals surface area contributed by atoms with Crippen LogP contribution < -0.4 is 9.64 Å². The molecular formula is C37H30N2O. The van der Waals surface area contributed by atoms with Gasteiger partial charge in [-0.2, -0.15) is 0 Å². The van der Waals surface area contributed by atoms with E-state index in [-0.39, 0.29) is 0 Å². The summed E-state index contributed by atoms with van der Waals surface area (Å²) in [6.07, 6.45) is 9.93. The van der Waals surface area contributed by atoms with Crippen molar-refractivity contribution in [1.29, 1.82) is 0 Å². The average Bonchev–Trinajstić information content (AvgIpc) is 3.30. The molecule has 0 saturated heterocycles. The standard InChI is InChI=1S/C37H30N2O/c1-27-25-30(39(29-16-5-4-6-17-29)24-14-13-15-28(2)38-3)26-40-36-23-12-11-22-35(36)37(27)33-20-9-7-18-31(33)32-19-8-10-21-34(32)37/h4-25H,1-3,26H2/b15-13-,24-14-,30-25+. The lowest BCUT2D eigenvalue weighted by atomic mass is 9.67. The summed E-state index contributed by atoms with van der Waals surface area (Å²) >= 11 is 0. The van der Waals surface area contributed by atoms with E-state index in [1.54, 1.807) is 0 Å². The zero-order valence-corrected chi connectivity index (χ0v) is 22.3. The van der Waals surface area contributed by atoms with Crippen LogP contribution in [-0.2, 0) is 5.41 Å². The minimum Gasteiger partial charge on any atom is -0.487 e. The quantitative estimate of drug-likeness (QED) is 0.189. The molecule has 6 rings (SSSR count). The molecule has 2 aliphatic rings. The largest absolute Gasteiger partial charge is 0.487 e. The molecular weight excluding hydrogens is 488 g/mol. The third-order valence-corrected chi connectivity index (χ3v) is 7.62. The van der Waals surface area contributed by atoms with Gasteiger partial charge in [-0.1, -0.05) is 104 Å². The van der Waals surface area contributed by atoms with Crippen LogP contribution in [0.1, 0.15) is 16.7 Å². The summed E-state index contributed by atoms with van der Waals surface area (Å²) in [7, 11) is 0. The van der Waals surface area contributed by atoms with E-state index in [1.165, 1.54) is 22.3 Å². The molecule has 1 aliphatic carbocycles. The lowest BCUT2D eigenvalue weighted by Crippen LogP contribution is -2.32. The average molecular weight is 519 g/mol. The number of anilines is 1. The number of ether oxygens (including phenoxy) is 1. The first kappa shape index (κ1) is 25.1. The summed E-state index contributed by atoms with van der Waals surface area (Å²) in [6.45, 7) is 12.6. The molecule has 3 heteroatoms. The van der Waals surface area contributed by atoms with Gasteiger partial charge in [0, 0.05) is 17.5 Å². The minimum atomic E-state index is -0.588. The number of rotatable bonds is 6. The predicted octanol–water partition coefficient (Wildman–Crippen LogP) is 8.62. The van der Waals surface area contributed by atoms with Crippen molar-refractivity contribution in [3.8, 4) is 16.9 Å². The number of hydrogen-bond acceptors (Lipinski definition) is 3. The SMILES string of the molecule is C=NC(=C)/C=C\C=C/N(/C1=C/C(=C)C2(c3ccccc3OC1)c1ccccc1-c1ccccc12)c1ccccc1. The monoisotopic (exact) mass is 518 g/mol. The van der Waals surface area contributed by atoms with Gasteiger partial charge in [0.25, 0.3) is 0 Å². The smallest absolute Gasteiger partial charge is 0.129 e. The van der Waals surface area contributed by atoms with Gasteiger partial charge in [0.05, 0.1) is 16.8 Å². The first-order valence-corrected chi connectivity index (χ1v) is 13.3. The van der Waals surface area contributed by atoms with E-state index in [0.29, 0.717) is 12.3 Å². The molecule has 40 heavy (non-hydrogen) atoms.